The van der Waals surface area contributed by atoms with Gasteiger partial charge in [-0.1, -0.05) is 40.2 Å². The summed E-state index contributed by atoms with van der Waals surface area (Å²) < 4.78 is 1.06. The minimum atomic E-state index is 0.298. The minimum Gasteiger partial charge on any atom is -0.508 e. The summed E-state index contributed by atoms with van der Waals surface area (Å²) in [4.78, 5) is 11.9. The molecule has 0 aromatic heterocycles. The second-order valence-electron chi connectivity index (χ2n) is 5.54. The fourth-order valence-electron chi connectivity index (χ4n) is 2.42. The molecule has 0 aliphatic rings. The van der Waals surface area contributed by atoms with Crippen LogP contribution in [0.4, 0.5) is 0 Å². The van der Waals surface area contributed by atoms with Crippen LogP contribution in [0.3, 0.4) is 0 Å². The number of aryl methyl sites for hydroxylation is 2. The van der Waals surface area contributed by atoms with Crippen molar-refractivity contribution in [2.45, 2.75) is 38.5 Å². The number of halogens is 1. The lowest BCUT2D eigenvalue weighted by Gasteiger charge is -2.04. The number of benzene rings is 2. The Morgan fingerprint density at radius 3 is 2.41 bits per heavy atom. The van der Waals surface area contributed by atoms with Crippen molar-refractivity contribution in [3.05, 3.63) is 64.1 Å². The van der Waals surface area contributed by atoms with Gasteiger partial charge in [-0.25, -0.2) is 0 Å². The van der Waals surface area contributed by atoms with Crippen LogP contribution in [0, 0.1) is 0 Å². The summed E-state index contributed by atoms with van der Waals surface area (Å²) in [7, 11) is 0. The van der Waals surface area contributed by atoms with E-state index in [4.69, 9.17) is 0 Å². The zero-order valence-corrected chi connectivity index (χ0v) is 14.2. The number of ketones is 1. The highest BCUT2D eigenvalue weighted by Crippen LogP contribution is 2.15. The monoisotopic (exact) mass is 360 g/mol. The summed E-state index contributed by atoms with van der Waals surface area (Å²) in [5.41, 5.74) is 2.41. The first kappa shape index (κ1) is 16.8. The number of carbonyl (C=O) groups is 1. The van der Waals surface area contributed by atoms with Crippen LogP contribution >= 0.6 is 15.9 Å². The summed E-state index contributed by atoms with van der Waals surface area (Å²) in [6.07, 6.45) is 4.99. The molecule has 0 saturated carbocycles. The van der Waals surface area contributed by atoms with Gasteiger partial charge in [0.25, 0.3) is 0 Å². The van der Waals surface area contributed by atoms with E-state index < -0.39 is 0 Å². The van der Waals surface area contributed by atoms with Gasteiger partial charge >= 0.3 is 0 Å². The van der Waals surface area contributed by atoms with Crippen LogP contribution < -0.4 is 0 Å². The molecule has 1 N–H and O–H groups in total. The molecule has 0 radical (unpaired) electrons. The standard InChI is InChI=1S/C19H21BrO2/c20-17-6-3-5-16(14-17)10-13-18(21)7-2-1-4-15-8-11-19(22)12-9-15/h3,5-6,8-9,11-12,14,22H,1-2,4,7,10,13H2. The van der Waals surface area contributed by atoms with Crippen molar-refractivity contribution in [3.8, 4) is 5.75 Å². The predicted molar refractivity (Wildman–Crippen MR) is 93.1 cm³/mol. The molecule has 0 spiro atoms. The van der Waals surface area contributed by atoms with Crippen molar-refractivity contribution in [2.24, 2.45) is 0 Å². The molecule has 3 heteroatoms. The van der Waals surface area contributed by atoms with Crippen molar-refractivity contribution >= 4 is 21.7 Å². The second kappa shape index (κ2) is 8.74. The summed E-state index contributed by atoms with van der Waals surface area (Å²) in [5.74, 6) is 0.636. The van der Waals surface area contributed by atoms with Crippen LogP contribution in [-0.2, 0) is 17.6 Å². The molecule has 0 saturated heterocycles. The topological polar surface area (TPSA) is 37.3 Å². The van der Waals surface area contributed by atoms with Gasteiger partial charge in [-0.3, -0.25) is 4.79 Å². The van der Waals surface area contributed by atoms with Gasteiger partial charge in [-0.05, 0) is 61.1 Å². The lowest BCUT2D eigenvalue weighted by molar-refractivity contribution is -0.119. The van der Waals surface area contributed by atoms with E-state index in [-0.39, 0.29) is 0 Å². The fourth-order valence-corrected chi connectivity index (χ4v) is 2.86. The molecule has 2 aromatic carbocycles. The molecule has 0 heterocycles. The van der Waals surface area contributed by atoms with Gasteiger partial charge in [0.05, 0.1) is 0 Å². The summed E-state index contributed by atoms with van der Waals surface area (Å²) in [5, 5.41) is 9.22. The zero-order valence-electron chi connectivity index (χ0n) is 12.6. The van der Waals surface area contributed by atoms with Gasteiger partial charge in [-0.2, -0.15) is 0 Å². The number of phenolic OH excluding ortho intramolecular Hbond substituents is 1. The first-order chi connectivity index (χ1) is 10.6. The number of rotatable bonds is 8. The van der Waals surface area contributed by atoms with E-state index in [1.54, 1.807) is 12.1 Å². The van der Waals surface area contributed by atoms with Crippen LogP contribution in [0.2, 0.25) is 0 Å². The highest BCUT2D eigenvalue weighted by atomic mass is 79.9. The van der Waals surface area contributed by atoms with Crippen LogP contribution in [0.1, 0.15) is 36.8 Å². The van der Waals surface area contributed by atoms with E-state index >= 15 is 0 Å². The normalized spacial score (nSPS) is 10.6. The fraction of sp³-hybridized carbons (Fsp3) is 0.316. The molecule has 0 bridgehead atoms. The van der Waals surface area contributed by atoms with Crippen molar-refractivity contribution < 1.29 is 9.90 Å². The Labute approximate surface area is 140 Å². The highest BCUT2D eigenvalue weighted by Gasteiger charge is 2.03. The molecule has 116 valence electrons. The summed E-state index contributed by atoms with van der Waals surface area (Å²) in [6, 6.07) is 15.4. The predicted octanol–water partition coefficient (Wildman–Crippen LogP) is 5.07. The van der Waals surface area contributed by atoms with E-state index in [0.717, 1.165) is 30.2 Å². The van der Waals surface area contributed by atoms with Gasteiger partial charge in [-0.15, -0.1) is 0 Å². The zero-order chi connectivity index (χ0) is 15.8. The van der Waals surface area contributed by atoms with Crippen molar-refractivity contribution in [3.63, 3.8) is 0 Å². The number of Topliss-reactive ketones (excluding diaryl/α,β-unsaturated/α-hetero) is 1. The number of aromatic hydroxyl groups is 1. The van der Waals surface area contributed by atoms with E-state index in [9.17, 15) is 9.90 Å². The number of hydrogen-bond acceptors (Lipinski definition) is 2. The first-order valence-electron chi connectivity index (χ1n) is 7.67. The molecular weight excluding hydrogens is 340 g/mol. The lowest BCUT2D eigenvalue weighted by atomic mass is 10.0. The van der Waals surface area contributed by atoms with Gasteiger partial charge in [0.15, 0.2) is 0 Å². The van der Waals surface area contributed by atoms with Crippen molar-refractivity contribution in [1.29, 1.82) is 0 Å². The third-order valence-electron chi connectivity index (χ3n) is 3.69. The summed E-state index contributed by atoms with van der Waals surface area (Å²) >= 11 is 3.45. The van der Waals surface area contributed by atoms with Gasteiger partial charge in [0.2, 0.25) is 0 Å². The molecule has 2 rings (SSSR count). The second-order valence-corrected chi connectivity index (χ2v) is 6.46. The molecule has 2 aromatic rings. The van der Waals surface area contributed by atoms with Gasteiger partial charge in [0, 0.05) is 17.3 Å². The number of hydrogen-bond donors (Lipinski definition) is 1. The number of carbonyl (C=O) groups excluding carboxylic acids is 1. The summed E-state index contributed by atoms with van der Waals surface area (Å²) in [6.45, 7) is 0. The van der Waals surface area contributed by atoms with Crippen LogP contribution in [0.25, 0.3) is 0 Å². The first-order valence-corrected chi connectivity index (χ1v) is 8.47. The third-order valence-corrected chi connectivity index (χ3v) is 4.18. The molecule has 0 amide bonds. The Morgan fingerprint density at radius 1 is 0.909 bits per heavy atom. The molecule has 2 nitrogen and oxygen atoms in total. The van der Waals surface area contributed by atoms with Gasteiger partial charge < -0.3 is 5.11 Å². The molecule has 0 aliphatic carbocycles. The SMILES string of the molecule is O=C(CCCCc1ccc(O)cc1)CCc1cccc(Br)c1. The Balaban J connectivity index is 1.62. The molecular formula is C19H21BrO2. The highest BCUT2D eigenvalue weighted by molar-refractivity contribution is 9.10. The van der Waals surface area contributed by atoms with Gasteiger partial charge in [0.1, 0.15) is 11.5 Å². The molecule has 0 fully saturated rings. The van der Waals surface area contributed by atoms with Crippen LogP contribution in [0.15, 0.2) is 53.0 Å². The van der Waals surface area contributed by atoms with E-state index in [2.05, 4.69) is 28.1 Å². The maximum Gasteiger partial charge on any atom is 0.133 e. The molecule has 22 heavy (non-hydrogen) atoms. The number of unbranched alkanes of at least 4 members (excludes halogenated alkanes) is 1. The van der Waals surface area contributed by atoms with Crippen molar-refractivity contribution in [2.75, 3.05) is 0 Å². The average Bonchev–Trinajstić information content (AvgIpc) is 2.51. The van der Waals surface area contributed by atoms with E-state index in [0.29, 0.717) is 24.4 Å². The average molecular weight is 361 g/mol. The Hall–Kier alpha value is -1.61. The lowest BCUT2D eigenvalue weighted by Crippen LogP contribution is -2.00. The molecule has 0 aliphatic heterocycles. The van der Waals surface area contributed by atoms with Crippen LogP contribution in [-0.4, -0.2) is 10.9 Å². The third kappa shape index (κ3) is 6.02. The van der Waals surface area contributed by atoms with E-state index in [1.807, 2.05) is 24.3 Å². The largest absolute Gasteiger partial charge is 0.508 e. The molecule has 0 atom stereocenters. The maximum atomic E-state index is 11.9. The smallest absolute Gasteiger partial charge is 0.133 e. The Kier molecular flexibility index (Phi) is 6.66. The Bertz CT molecular complexity index is 605. The number of phenols is 1. The quantitative estimate of drug-likeness (QED) is 0.667. The van der Waals surface area contributed by atoms with Crippen LogP contribution in [0.5, 0.6) is 5.75 Å². The Morgan fingerprint density at radius 2 is 1.68 bits per heavy atom. The minimum absolute atomic E-state index is 0.298. The van der Waals surface area contributed by atoms with Crippen molar-refractivity contribution in [1.82, 2.24) is 0 Å². The maximum absolute atomic E-state index is 11.9. The molecule has 0 unspecified atom stereocenters. The van der Waals surface area contributed by atoms with E-state index in [1.165, 1.54) is 11.1 Å².